The standard InChI is InChI=1S/C8H12N4O3S/c1-5-10-11-8(16-4-7(14)15)12(5)3-2-6(9)13/h2-4H2,1H3,(H2,9,13)(H,14,15). The van der Waals surface area contributed by atoms with Gasteiger partial charge in [-0.25, -0.2) is 0 Å². The third-order valence-electron chi connectivity index (χ3n) is 1.81. The molecule has 1 heterocycles. The second-order valence-electron chi connectivity index (χ2n) is 3.08. The van der Waals surface area contributed by atoms with Crippen molar-refractivity contribution in [3.05, 3.63) is 5.82 Å². The number of nitrogens with zero attached hydrogens (tertiary/aromatic N) is 3. The summed E-state index contributed by atoms with van der Waals surface area (Å²) in [6, 6.07) is 0. The topological polar surface area (TPSA) is 111 Å². The number of hydrogen-bond acceptors (Lipinski definition) is 5. The number of nitrogens with two attached hydrogens (primary N) is 1. The summed E-state index contributed by atoms with van der Waals surface area (Å²) in [6.45, 7) is 2.11. The Morgan fingerprint density at radius 3 is 2.75 bits per heavy atom. The Kier molecular flexibility index (Phi) is 4.29. The number of carbonyl (C=O) groups excluding carboxylic acids is 1. The summed E-state index contributed by atoms with van der Waals surface area (Å²) in [5.41, 5.74) is 5.04. The number of rotatable bonds is 6. The fourth-order valence-corrected chi connectivity index (χ4v) is 1.80. The molecule has 0 radical (unpaired) electrons. The molecule has 0 aliphatic carbocycles. The minimum atomic E-state index is -0.924. The van der Waals surface area contributed by atoms with E-state index in [0.29, 0.717) is 17.5 Å². The third kappa shape index (κ3) is 3.54. The molecule has 0 spiro atoms. The third-order valence-corrected chi connectivity index (χ3v) is 2.76. The number of primary amides is 1. The molecule has 3 N–H and O–H groups in total. The molecule has 0 aromatic carbocycles. The van der Waals surface area contributed by atoms with Crippen LogP contribution in [0.4, 0.5) is 0 Å². The van der Waals surface area contributed by atoms with E-state index in [-0.39, 0.29) is 12.2 Å². The molecular weight excluding hydrogens is 232 g/mol. The number of carboxylic acids is 1. The van der Waals surface area contributed by atoms with Crippen molar-refractivity contribution in [2.75, 3.05) is 5.75 Å². The van der Waals surface area contributed by atoms with E-state index in [9.17, 15) is 9.59 Å². The minimum absolute atomic E-state index is 0.0886. The summed E-state index contributed by atoms with van der Waals surface area (Å²) in [4.78, 5) is 21.1. The van der Waals surface area contributed by atoms with Crippen LogP contribution in [0.5, 0.6) is 0 Å². The molecule has 0 fully saturated rings. The SMILES string of the molecule is Cc1nnc(SCC(=O)O)n1CCC(N)=O. The van der Waals surface area contributed by atoms with Crippen molar-refractivity contribution in [3.63, 3.8) is 0 Å². The highest BCUT2D eigenvalue weighted by atomic mass is 32.2. The Labute approximate surface area is 96.0 Å². The van der Waals surface area contributed by atoms with E-state index in [4.69, 9.17) is 10.8 Å². The van der Waals surface area contributed by atoms with Crippen LogP contribution < -0.4 is 5.73 Å². The van der Waals surface area contributed by atoms with Crippen molar-refractivity contribution in [1.82, 2.24) is 14.8 Å². The Bertz CT molecular complexity index is 404. The molecule has 88 valence electrons. The Morgan fingerprint density at radius 2 is 2.19 bits per heavy atom. The zero-order valence-electron chi connectivity index (χ0n) is 8.71. The van der Waals surface area contributed by atoms with Gasteiger partial charge in [0.15, 0.2) is 5.16 Å². The second-order valence-corrected chi connectivity index (χ2v) is 4.02. The van der Waals surface area contributed by atoms with Crippen LogP contribution in [0.1, 0.15) is 12.2 Å². The predicted octanol–water partition coefficient (Wildman–Crippen LogP) is -0.361. The van der Waals surface area contributed by atoms with Gasteiger partial charge in [-0.1, -0.05) is 11.8 Å². The van der Waals surface area contributed by atoms with Gasteiger partial charge in [0.2, 0.25) is 5.91 Å². The fourth-order valence-electron chi connectivity index (χ4n) is 1.07. The molecule has 0 aliphatic heterocycles. The Morgan fingerprint density at radius 1 is 1.50 bits per heavy atom. The van der Waals surface area contributed by atoms with Gasteiger partial charge >= 0.3 is 5.97 Å². The van der Waals surface area contributed by atoms with Gasteiger partial charge in [0, 0.05) is 13.0 Å². The van der Waals surface area contributed by atoms with Crippen LogP contribution in [0.15, 0.2) is 5.16 Å². The minimum Gasteiger partial charge on any atom is -0.481 e. The largest absolute Gasteiger partial charge is 0.481 e. The second kappa shape index (κ2) is 5.50. The Balaban J connectivity index is 2.69. The van der Waals surface area contributed by atoms with Gasteiger partial charge in [0.25, 0.3) is 0 Å². The summed E-state index contributed by atoms with van der Waals surface area (Å²) in [5, 5.41) is 16.7. The number of aryl methyl sites for hydroxylation is 1. The van der Waals surface area contributed by atoms with E-state index in [2.05, 4.69) is 10.2 Å². The highest BCUT2D eigenvalue weighted by molar-refractivity contribution is 7.99. The predicted molar refractivity (Wildman–Crippen MR) is 56.9 cm³/mol. The van der Waals surface area contributed by atoms with Crippen LogP contribution in [-0.2, 0) is 16.1 Å². The quantitative estimate of drug-likeness (QED) is 0.661. The van der Waals surface area contributed by atoms with Crippen molar-refractivity contribution in [3.8, 4) is 0 Å². The van der Waals surface area contributed by atoms with Crippen LogP contribution in [0, 0.1) is 6.92 Å². The summed E-state index contributed by atoms with van der Waals surface area (Å²) < 4.78 is 1.68. The van der Waals surface area contributed by atoms with Crippen molar-refractivity contribution in [1.29, 1.82) is 0 Å². The maximum absolute atomic E-state index is 10.7. The van der Waals surface area contributed by atoms with Crippen LogP contribution in [-0.4, -0.2) is 37.5 Å². The van der Waals surface area contributed by atoms with Crippen molar-refractivity contribution in [2.45, 2.75) is 25.0 Å². The fraction of sp³-hybridized carbons (Fsp3) is 0.500. The smallest absolute Gasteiger partial charge is 0.313 e. The molecule has 1 amide bonds. The lowest BCUT2D eigenvalue weighted by Gasteiger charge is -2.05. The molecule has 16 heavy (non-hydrogen) atoms. The molecule has 1 aromatic rings. The number of thioether (sulfide) groups is 1. The Hall–Kier alpha value is -1.57. The first kappa shape index (κ1) is 12.5. The molecule has 0 aliphatic rings. The van der Waals surface area contributed by atoms with Crippen LogP contribution in [0.25, 0.3) is 0 Å². The maximum atomic E-state index is 10.7. The van der Waals surface area contributed by atoms with Crippen molar-refractivity contribution < 1.29 is 14.7 Å². The number of carbonyl (C=O) groups is 2. The zero-order chi connectivity index (χ0) is 12.1. The first-order valence-corrected chi connectivity index (χ1v) is 5.52. The average Bonchev–Trinajstić information content (AvgIpc) is 2.53. The molecule has 0 bridgehead atoms. The number of amides is 1. The van der Waals surface area contributed by atoms with Gasteiger partial charge in [0.1, 0.15) is 5.82 Å². The molecule has 1 rings (SSSR count). The highest BCUT2D eigenvalue weighted by Crippen LogP contribution is 2.16. The number of aliphatic carboxylic acids is 1. The molecule has 0 saturated carbocycles. The first-order valence-electron chi connectivity index (χ1n) is 4.53. The van der Waals surface area contributed by atoms with E-state index < -0.39 is 11.9 Å². The number of carboxylic acid groups (broad SMARTS) is 1. The summed E-state index contributed by atoms with van der Waals surface area (Å²) in [5.74, 6) is -0.794. The molecule has 0 unspecified atom stereocenters. The van der Waals surface area contributed by atoms with Gasteiger partial charge in [-0.15, -0.1) is 10.2 Å². The van der Waals surface area contributed by atoms with Gasteiger partial charge < -0.3 is 15.4 Å². The van der Waals surface area contributed by atoms with E-state index >= 15 is 0 Å². The van der Waals surface area contributed by atoms with E-state index in [0.717, 1.165) is 11.8 Å². The number of aromatic nitrogens is 3. The normalized spacial score (nSPS) is 10.3. The van der Waals surface area contributed by atoms with E-state index in [1.54, 1.807) is 11.5 Å². The molecular formula is C8H12N4O3S. The lowest BCUT2D eigenvalue weighted by Crippen LogP contribution is -2.15. The van der Waals surface area contributed by atoms with Gasteiger partial charge in [-0.2, -0.15) is 0 Å². The van der Waals surface area contributed by atoms with Crippen molar-refractivity contribution >= 4 is 23.6 Å². The first-order chi connectivity index (χ1) is 7.50. The summed E-state index contributed by atoms with van der Waals surface area (Å²) >= 11 is 1.07. The zero-order valence-corrected chi connectivity index (χ0v) is 9.53. The average molecular weight is 244 g/mol. The molecule has 8 heteroatoms. The van der Waals surface area contributed by atoms with Crippen LogP contribution in [0.3, 0.4) is 0 Å². The van der Waals surface area contributed by atoms with Crippen LogP contribution >= 0.6 is 11.8 Å². The maximum Gasteiger partial charge on any atom is 0.313 e. The summed E-state index contributed by atoms with van der Waals surface area (Å²) in [6.07, 6.45) is 0.180. The number of hydrogen-bond donors (Lipinski definition) is 2. The van der Waals surface area contributed by atoms with Gasteiger partial charge in [-0.3, -0.25) is 9.59 Å². The monoisotopic (exact) mass is 244 g/mol. The summed E-state index contributed by atoms with van der Waals surface area (Å²) in [7, 11) is 0. The van der Waals surface area contributed by atoms with E-state index in [1.165, 1.54) is 0 Å². The highest BCUT2D eigenvalue weighted by Gasteiger charge is 2.11. The molecule has 1 aromatic heterocycles. The van der Waals surface area contributed by atoms with Gasteiger partial charge in [-0.05, 0) is 6.92 Å². The van der Waals surface area contributed by atoms with Gasteiger partial charge in [0.05, 0.1) is 5.75 Å². The molecule has 7 nitrogen and oxygen atoms in total. The van der Waals surface area contributed by atoms with Crippen molar-refractivity contribution in [2.24, 2.45) is 5.73 Å². The lowest BCUT2D eigenvalue weighted by molar-refractivity contribution is -0.134. The van der Waals surface area contributed by atoms with Crippen LogP contribution in [0.2, 0.25) is 0 Å². The molecule has 0 saturated heterocycles. The van der Waals surface area contributed by atoms with E-state index in [1.807, 2.05) is 0 Å². The lowest BCUT2D eigenvalue weighted by atomic mass is 10.4. The molecule has 0 atom stereocenters.